The fourth-order valence-electron chi connectivity index (χ4n) is 2.66. The number of amides is 1. The van der Waals surface area contributed by atoms with Gasteiger partial charge in [-0.3, -0.25) is 4.79 Å². The molecule has 1 aliphatic heterocycles. The zero-order valence-electron chi connectivity index (χ0n) is 14.5. The fourth-order valence-corrected chi connectivity index (χ4v) is 4.77. The highest BCUT2D eigenvalue weighted by atomic mass is 32.2. The Morgan fingerprint density at radius 3 is 2.74 bits per heavy atom. The first-order valence-corrected chi connectivity index (χ1v) is 10.6. The molecule has 2 aromatic rings. The molecular formula is C16H18N4O5S2. The molecule has 1 fully saturated rings. The molecule has 0 radical (unpaired) electrons. The molecule has 0 saturated carbocycles. The molecule has 0 spiro atoms. The Bertz CT molecular complexity index is 951. The highest BCUT2D eigenvalue weighted by molar-refractivity contribution is 7.89. The highest BCUT2D eigenvalue weighted by Gasteiger charge is 2.28. The van der Waals surface area contributed by atoms with E-state index in [2.05, 4.69) is 14.9 Å². The molecule has 0 unspecified atom stereocenters. The average Bonchev–Trinajstić information content (AvgIpc) is 3.34. The van der Waals surface area contributed by atoms with Gasteiger partial charge < -0.3 is 10.1 Å². The van der Waals surface area contributed by atoms with Gasteiger partial charge in [-0.1, -0.05) is 10.6 Å². The van der Waals surface area contributed by atoms with Crippen molar-refractivity contribution in [2.45, 2.75) is 24.7 Å². The molecule has 144 valence electrons. The molecule has 1 N–H and O–H groups in total. The number of sulfonamides is 1. The standard InChI is InChI=1S/C16H18N4O5S2/c1-2-25-16(22)13-15(26-19-18-13)17-14(21)11-6-5-7-12(10-11)27(23,24)20-8-3-4-9-20/h5-7,10H,2-4,8-9H2,1H3,(H,17,21). The van der Waals surface area contributed by atoms with Crippen LogP contribution in [0.25, 0.3) is 0 Å². The summed E-state index contributed by atoms with van der Waals surface area (Å²) in [6.45, 7) is 2.78. The number of benzene rings is 1. The second kappa shape index (κ2) is 8.11. The van der Waals surface area contributed by atoms with E-state index in [-0.39, 0.29) is 27.8 Å². The maximum atomic E-state index is 12.7. The van der Waals surface area contributed by atoms with E-state index in [0.717, 1.165) is 24.4 Å². The number of ether oxygens (including phenoxy) is 1. The lowest BCUT2D eigenvalue weighted by Gasteiger charge is -2.15. The summed E-state index contributed by atoms with van der Waals surface area (Å²) in [5.74, 6) is -1.25. The Morgan fingerprint density at radius 1 is 1.30 bits per heavy atom. The van der Waals surface area contributed by atoms with Gasteiger partial charge in [0, 0.05) is 30.2 Å². The quantitative estimate of drug-likeness (QED) is 0.721. The number of rotatable bonds is 6. The van der Waals surface area contributed by atoms with Crippen molar-refractivity contribution in [1.82, 2.24) is 13.9 Å². The van der Waals surface area contributed by atoms with Gasteiger partial charge in [0.05, 0.1) is 11.5 Å². The summed E-state index contributed by atoms with van der Waals surface area (Å²) in [6, 6.07) is 5.79. The largest absolute Gasteiger partial charge is 0.461 e. The number of aromatic nitrogens is 2. The second-order valence-electron chi connectivity index (χ2n) is 5.76. The third-order valence-electron chi connectivity index (χ3n) is 3.98. The minimum absolute atomic E-state index is 0.0603. The predicted molar refractivity (Wildman–Crippen MR) is 98.3 cm³/mol. The van der Waals surface area contributed by atoms with E-state index in [1.807, 2.05) is 0 Å². The Kier molecular flexibility index (Phi) is 5.82. The van der Waals surface area contributed by atoms with E-state index in [0.29, 0.717) is 13.1 Å². The number of hydrogen-bond acceptors (Lipinski definition) is 8. The third kappa shape index (κ3) is 4.15. The number of anilines is 1. The maximum Gasteiger partial charge on any atom is 0.362 e. The summed E-state index contributed by atoms with van der Waals surface area (Å²) in [5, 5.41) is 6.35. The maximum absolute atomic E-state index is 12.7. The molecule has 1 saturated heterocycles. The van der Waals surface area contributed by atoms with Crippen LogP contribution in [-0.2, 0) is 14.8 Å². The van der Waals surface area contributed by atoms with Crippen LogP contribution in [0.15, 0.2) is 29.2 Å². The number of hydrogen-bond donors (Lipinski definition) is 1. The van der Waals surface area contributed by atoms with Crippen LogP contribution >= 0.6 is 11.5 Å². The topological polar surface area (TPSA) is 119 Å². The monoisotopic (exact) mass is 410 g/mol. The smallest absolute Gasteiger partial charge is 0.362 e. The molecular weight excluding hydrogens is 392 g/mol. The lowest BCUT2D eigenvalue weighted by atomic mass is 10.2. The van der Waals surface area contributed by atoms with Crippen molar-refractivity contribution >= 4 is 38.4 Å². The number of esters is 1. The van der Waals surface area contributed by atoms with E-state index in [1.165, 1.54) is 28.6 Å². The van der Waals surface area contributed by atoms with Gasteiger partial charge in [0.25, 0.3) is 5.91 Å². The van der Waals surface area contributed by atoms with Crippen LogP contribution in [0.3, 0.4) is 0 Å². The molecule has 0 bridgehead atoms. The van der Waals surface area contributed by atoms with E-state index in [4.69, 9.17) is 4.74 Å². The van der Waals surface area contributed by atoms with E-state index in [9.17, 15) is 18.0 Å². The highest BCUT2D eigenvalue weighted by Crippen LogP contribution is 2.23. The van der Waals surface area contributed by atoms with Crippen molar-refractivity contribution < 1.29 is 22.7 Å². The van der Waals surface area contributed by atoms with Gasteiger partial charge in [-0.2, -0.15) is 4.31 Å². The predicted octanol–water partition coefficient (Wildman–Crippen LogP) is 1.75. The Balaban J connectivity index is 1.81. The lowest BCUT2D eigenvalue weighted by molar-refractivity contribution is 0.0520. The molecule has 1 amide bonds. The first kappa shape index (κ1) is 19.4. The summed E-state index contributed by atoms with van der Waals surface area (Å²) < 4.78 is 35.2. The molecule has 1 aromatic heterocycles. The molecule has 2 heterocycles. The molecule has 0 aliphatic carbocycles. The van der Waals surface area contributed by atoms with Crippen molar-refractivity contribution in [3.8, 4) is 0 Å². The molecule has 0 atom stereocenters. The van der Waals surface area contributed by atoms with Crippen LogP contribution < -0.4 is 5.32 Å². The molecule has 11 heteroatoms. The number of nitrogens with one attached hydrogen (secondary N) is 1. The summed E-state index contributed by atoms with van der Waals surface area (Å²) in [4.78, 5) is 24.4. The van der Waals surface area contributed by atoms with Crippen molar-refractivity contribution in [2.24, 2.45) is 0 Å². The number of nitrogens with zero attached hydrogens (tertiary/aromatic N) is 3. The van der Waals surface area contributed by atoms with Crippen molar-refractivity contribution in [3.63, 3.8) is 0 Å². The summed E-state index contributed by atoms with van der Waals surface area (Å²) in [6.07, 6.45) is 1.66. The Morgan fingerprint density at radius 2 is 2.04 bits per heavy atom. The lowest BCUT2D eigenvalue weighted by Crippen LogP contribution is -2.28. The molecule has 1 aliphatic rings. The van der Waals surface area contributed by atoms with Gasteiger partial charge in [0.15, 0.2) is 5.00 Å². The fraction of sp³-hybridized carbons (Fsp3) is 0.375. The number of carbonyl (C=O) groups excluding carboxylic acids is 2. The van der Waals surface area contributed by atoms with Gasteiger partial charge in [0.2, 0.25) is 15.7 Å². The van der Waals surface area contributed by atoms with Crippen LogP contribution in [0.4, 0.5) is 5.00 Å². The third-order valence-corrected chi connectivity index (χ3v) is 6.52. The van der Waals surface area contributed by atoms with Crippen LogP contribution in [-0.4, -0.2) is 53.9 Å². The Labute approximate surface area is 160 Å². The van der Waals surface area contributed by atoms with Crippen molar-refractivity contribution in [1.29, 1.82) is 0 Å². The molecule has 3 rings (SSSR count). The summed E-state index contributed by atoms with van der Waals surface area (Å²) >= 11 is 0.837. The molecule has 9 nitrogen and oxygen atoms in total. The van der Waals surface area contributed by atoms with Crippen LogP contribution in [0, 0.1) is 0 Å². The first-order chi connectivity index (χ1) is 12.9. The van der Waals surface area contributed by atoms with E-state index >= 15 is 0 Å². The van der Waals surface area contributed by atoms with Gasteiger partial charge in [0.1, 0.15) is 0 Å². The SMILES string of the molecule is CCOC(=O)c1nnsc1NC(=O)c1cccc(S(=O)(=O)N2CCCC2)c1. The molecule has 27 heavy (non-hydrogen) atoms. The van der Waals surface area contributed by atoms with E-state index < -0.39 is 21.9 Å². The zero-order chi connectivity index (χ0) is 19.4. The van der Waals surface area contributed by atoms with Crippen molar-refractivity contribution in [3.05, 3.63) is 35.5 Å². The van der Waals surface area contributed by atoms with Gasteiger partial charge in [-0.15, -0.1) is 5.10 Å². The van der Waals surface area contributed by atoms with Gasteiger partial charge >= 0.3 is 5.97 Å². The Hall–Kier alpha value is -2.37. The minimum atomic E-state index is -3.63. The van der Waals surface area contributed by atoms with E-state index in [1.54, 1.807) is 6.92 Å². The first-order valence-electron chi connectivity index (χ1n) is 8.34. The average molecular weight is 410 g/mol. The van der Waals surface area contributed by atoms with Gasteiger partial charge in [-0.05, 0) is 38.0 Å². The van der Waals surface area contributed by atoms with Crippen LogP contribution in [0.5, 0.6) is 0 Å². The second-order valence-corrected chi connectivity index (χ2v) is 8.46. The normalized spacial score (nSPS) is 14.9. The zero-order valence-corrected chi connectivity index (χ0v) is 16.2. The number of carbonyl (C=O) groups is 2. The minimum Gasteiger partial charge on any atom is -0.461 e. The van der Waals surface area contributed by atoms with Crippen LogP contribution in [0.1, 0.15) is 40.6 Å². The summed E-state index contributed by atoms with van der Waals surface area (Å²) in [7, 11) is -3.63. The van der Waals surface area contributed by atoms with Crippen LogP contribution in [0.2, 0.25) is 0 Å². The summed E-state index contributed by atoms with van der Waals surface area (Å²) in [5.41, 5.74) is 0.0644. The van der Waals surface area contributed by atoms with Gasteiger partial charge in [-0.25, -0.2) is 13.2 Å². The van der Waals surface area contributed by atoms with Crippen molar-refractivity contribution in [2.75, 3.05) is 25.0 Å². The molecule has 1 aromatic carbocycles.